The predicted molar refractivity (Wildman–Crippen MR) is 86.4 cm³/mol. The molecular formula is C15H22N6O3. The van der Waals surface area contributed by atoms with Gasteiger partial charge >= 0.3 is 6.03 Å². The Hall–Kier alpha value is -2.58. The molecule has 0 saturated carbocycles. The molecular weight excluding hydrogens is 312 g/mol. The summed E-state index contributed by atoms with van der Waals surface area (Å²) in [7, 11) is 3.43. The van der Waals surface area contributed by atoms with Crippen molar-refractivity contribution in [1.82, 2.24) is 24.5 Å². The van der Waals surface area contributed by atoms with Crippen LogP contribution >= 0.6 is 0 Å². The fraction of sp³-hybridized carbons (Fsp3) is 0.600. The summed E-state index contributed by atoms with van der Waals surface area (Å²) in [5.41, 5.74) is 2.29. The summed E-state index contributed by atoms with van der Waals surface area (Å²) >= 11 is 0. The molecule has 1 N–H and O–H groups in total. The zero-order valence-electron chi connectivity index (χ0n) is 14.4. The van der Waals surface area contributed by atoms with Gasteiger partial charge in [0.15, 0.2) is 0 Å². The molecule has 0 aromatic carbocycles. The standard InChI is InChI=1S/C15H22N6O3/c1-9-13(10(2)19(4)17-9)16-15(24)20-5-6-21-11(7-20)14(23)18(3)8-12(21)22/h11H,5-8H2,1-4H3,(H,16,24). The summed E-state index contributed by atoms with van der Waals surface area (Å²) in [6.45, 7) is 4.81. The van der Waals surface area contributed by atoms with Gasteiger partial charge in [-0.3, -0.25) is 14.3 Å². The molecule has 3 heterocycles. The van der Waals surface area contributed by atoms with Crippen LogP contribution in [0.2, 0.25) is 0 Å². The number of nitrogens with one attached hydrogen (secondary N) is 1. The highest BCUT2D eigenvalue weighted by molar-refractivity contribution is 5.96. The Balaban J connectivity index is 1.73. The van der Waals surface area contributed by atoms with Crippen LogP contribution in [0.1, 0.15) is 11.4 Å². The molecule has 0 spiro atoms. The molecule has 3 rings (SSSR count). The smallest absolute Gasteiger partial charge is 0.322 e. The van der Waals surface area contributed by atoms with E-state index in [1.54, 1.807) is 21.5 Å². The van der Waals surface area contributed by atoms with Crippen molar-refractivity contribution in [3.05, 3.63) is 11.4 Å². The van der Waals surface area contributed by atoms with E-state index in [1.807, 2.05) is 20.9 Å². The molecule has 0 aliphatic carbocycles. The quantitative estimate of drug-likeness (QED) is 0.753. The number of aryl methyl sites for hydroxylation is 2. The van der Waals surface area contributed by atoms with Crippen molar-refractivity contribution in [3.63, 3.8) is 0 Å². The van der Waals surface area contributed by atoms with Crippen LogP contribution in [0.5, 0.6) is 0 Å². The van der Waals surface area contributed by atoms with Crippen LogP contribution in [0.15, 0.2) is 0 Å². The topological polar surface area (TPSA) is 90.8 Å². The number of aromatic nitrogens is 2. The zero-order chi connectivity index (χ0) is 17.6. The van der Waals surface area contributed by atoms with Gasteiger partial charge in [-0.1, -0.05) is 0 Å². The second-order valence-electron chi connectivity index (χ2n) is 6.34. The number of urea groups is 1. The molecule has 0 radical (unpaired) electrons. The van der Waals surface area contributed by atoms with Crippen LogP contribution in [-0.2, 0) is 16.6 Å². The fourth-order valence-electron chi connectivity index (χ4n) is 3.24. The lowest BCUT2D eigenvalue weighted by atomic mass is 10.1. The van der Waals surface area contributed by atoms with Crippen LogP contribution in [0.25, 0.3) is 0 Å². The van der Waals surface area contributed by atoms with E-state index >= 15 is 0 Å². The van der Waals surface area contributed by atoms with Crippen molar-refractivity contribution in [2.45, 2.75) is 19.9 Å². The number of carbonyl (C=O) groups is 3. The molecule has 1 unspecified atom stereocenters. The Bertz CT molecular complexity index is 712. The average Bonchev–Trinajstić information content (AvgIpc) is 2.78. The van der Waals surface area contributed by atoms with Gasteiger partial charge in [0, 0.05) is 27.2 Å². The molecule has 1 aromatic heterocycles. The Morgan fingerprint density at radius 1 is 1.21 bits per heavy atom. The average molecular weight is 334 g/mol. The Morgan fingerprint density at radius 2 is 1.92 bits per heavy atom. The van der Waals surface area contributed by atoms with Crippen molar-refractivity contribution >= 4 is 23.5 Å². The van der Waals surface area contributed by atoms with E-state index in [4.69, 9.17) is 0 Å². The maximum absolute atomic E-state index is 12.6. The number of amides is 4. The first-order valence-corrected chi connectivity index (χ1v) is 7.90. The largest absolute Gasteiger partial charge is 0.335 e. The van der Waals surface area contributed by atoms with Crippen LogP contribution in [0.4, 0.5) is 10.5 Å². The third-order valence-corrected chi connectivity index (χ3v) is 4.76. The van der Waals surface area contributed by atoms with Crippen LogP contribution < -0.4 is 5.32 Å². The van der Waals surface area contributed by atoms with Gasteiger partial charge in [0.1, 0.15) is 6.04 Å². The van der Waals surface area contributed by atoms with E-state index in [-0.39, 0.29) is 30.9 Å². The maximum Gasteiger partial charge on any atom is 0.322 e. The summed E-state index contributed by atoms with van der Waals surface area (Å²) in [6, 6.07) is -0.867. The highest BCUT2D eigenvalue weighted by atomic mass is 16.2. The monoisotopic (exact) mass is 334 g/mol. The van der Waals surface area contributed by atoms with E-state index in [9.17, 15) is 14.4 Å². The van der Waals surface area contributed by atoms with Gasteiger partial charge in [-0.05, 0) is 13.8 Å². The maximum atomic E-state index is 12.6. The van der Waals surface area contributed by atoms with E-state index in [0.29, 0.717) is 18.8 Å². The number of rotatable bonds is 1. The lowest BCUT2D eigenvalue weighted by molar-refractivity contribution is -0.157. The van der Waals surface area contributed by atoms with Crippen molar-refractivity contribution in [2.75, 3.05) is 38.5 Å². The third kappa shape index (κ3) is 2.59. The highest BCUT2D eigenvalue weighted by Gasteiger charge is 2.42. The molecule has 2 aliphatic heterocycles. The number of hydrogen-bond acceptors (Lipinski definition) is 4. The van der Waals surface area contributed by atoms with Gasteiger partial charge in [0.25, 0.3) is 0 Å². The molecule has 9 heteroatoms. The molecule has 1 aromatic rings. The first-order valence-electron chi connectivity index (χ1n) is 7.90. The summed E-state index contributed by atoms with van der Waals surface area (Å²) in [6.07, 6.45) is 0. The van der Waals surface area contributed by atoms with Crippen LogP contribution in [0, 0.1) is 13.8 Å². The molecule has 130 valence electrons. The Morgan fingerprint density at radius 3 is 2.54 bits per heavy atom. The van der Waals surface area contributed by atoms with Crippen molar-refractivity contribution in [1.29, 1.82) is 0 Å². The molecule has 4 amide bonds. The van der Waals surface area contributed by atoms with E-state index in [2.05, 4.69) is 10.4 Å². The number of piperazine rings is 2. The van der Waals surface area contributed by atoms with Gasteiger partial charge < -0.3 is 20.0 Å². The minimum Gasteiger partial charge on any atom is -0.335 e. The first kappa shape index (κ1) is 16.3. The van der Waals surface area contributed by atoms with Gasteiger partial charge in [-0.25, -0.2) is 4.79 Å². The molecule has 2 fully saturated rings. The molecule has 2 saturated heterocycles. The lowest BCUT2D eigenvalue weighted by Gasteiger charge is -2.45. The molecule has 1 atom stereocenters. The number of likely N-dealkylation sites (N-methyl/N-ethyl adjacent to an activating group) is 1. The minimum atomic E-state index is -0.591. The van der Waals surface area contributed by atoms with Crippen LogP contribution in [0.3, 0.4) is 0 Å². The number of anilines is 1. The number of nitrogens with zero attached hydrogens (tertiary/aromatic N) is 5. The molecule has 24 heavy (non-hydrogen) atoms. The third-order valence-electron chi connectivity index (χ3n) is 4.76. The SMILES string of the molecule is Cc1nn(C)c(C)c1NC(=O)N1CCN2C(=O)CN(C)C(=O)C2C1. The van der Waals surface area contributed by atoms with Gasteiger partial charge in [0.2, 0.25) is 11.8 Å². The van der Waals surface area contributed by atoms with E-state index in [1.165, 1.54) is 4.90 Å². The Labute approximate surface area is 140 Å². The second kappa shape index (κ2) is 5.81. The summed E-state index contributed by atoms with van der Waals surface area (Å²) < 4.78 is 1.71. The summed E-state index contributed by atoms with van der Waals surface area (Å²) in [4.78, 5) is 41.5. The summed E-state index contributed by atoms with van der Waals surface area (Å²) in [5.74, 6) is -0.193. The van der Waals surface area contributed by atoms with Gasteiger partial charge in [-0.2, -0.15) is 5.10 Å². The lowest BCUT2D eigenvalue weighted by Crippen LogP contribution is -2.67. The summed E-state index contributed by atoms with van der Waals surface area (Å²) in [5, 5.41) is 7.15. The van der Waals surface area contributed by atoms with Gasteiger partial charge in [0.05, 0.1) is 30.2 Å². The van der Waals surface area contributed by atoms with E-state index < -0.39 is 6.04 Å². The molecule has 9 nitrogen and oxygen atoms in total. The molecule has 2 aliphatic rings. The number of hydrogen-bond donors (Lipinski definition) is 1. The number of carbonyl (C=O) groups excluding carboxylic acids is 3. The zero-order valence-corrected chi connectivity index (χ0v) is 14.4. The Kier molecular flexibility index (Phi) is 3.94. The highest BCUT2D eigenvalue weighted by Crippen LogP contribution is 2.21. The number of fused-ring (bicyclic) bond motifs is 1. The second-order valence-corrected chi connectivity index (χ2v) is 6.34. The van der Waals surface area contributed by atoms with Gasteiger partial charge in [-0.15, -0.1) is 0 Å². The first-order chi connectivity index (χ1) is 11.3. The fourth-order valence-corrected chi connectivity index (χ4v) is 3.24. The normalized spacial score (nSPS) is 21.2. The minimum absolute atomic E-state index is 0.0684. The predicted octanol–water partition coefficient (Wildman–Crippen LogP) is -0.446. The van der Waals surface area contributed by atoms with E-state index in [0.717, 1.165) is 11.4 Å². The van der Waals surface area contributed by atoms with Crippen molar-refractivity contribution in [2.24, 2.45) is 7.05 Å². The van der Waals surface area contributed by atoms with Crippen LogP contribution in [-0.4, -0.2) is 81.6 Å². The van der Waals surface area contributed by atoms with Crippen molar-refractivity contribution < 1.29 is 14.4 Å². The van der Waals surface area contributed by atoms with Crippen molar-refractivity contribution in [3.8, 4) is 0 Å². The molecule has 0 bridgehead atoms.